The molecule has 0 bridgehead atoms. The van der Waals surface area contributed by atoms with Crippen LogP contribution in [0.25, 0.3) is 10.9 Å². The Morgan fingerprint density at radius 2 is 1.96 bits per heavy atom. The number of nitrogens with one attached hydrogen (secondary N) is 2. The van der Waals surface area contributed by atoms with E-state index in [4.69, 9.17) is 0 Å². The van der Waals surface area contributed by atoms with Crippen LogP contribution in [0.5, 0.6) is 0 Å². The molecule has 2 N–H and O–H groups in total. The third kappa shape index (κ3) is 5.39. The predicted molar refractivity (Wildman–Crippen MR) is 87.9 cm³/mol. The minimum Gasteiger partial charge on any atom is -0.469 e. The number of ether oxygens (including phenoxy) is 1. The van der Waals surface area contributed by atoms with Crippen molar-refractivity contribution in [3.63, 3.8) is 0 Å². The Balaban J connectivity index is 1.61. The van der Waals surface area contributed by atoms with Gasteiger partial charge in [-0.1, -0.05) is 31.0 Å². The number of benzene rings is 1. The molecular formula is C17H23N3O3. The highest BCUT2D eigenvalue weighted by atomic mass is 16.5. The second kappa shape index (κ2) is 8.92. The zero-order valence-electron chi connectivity index (χ0n) is 13.4. The number of fused-ring (bicyclic) bond motifs is 1. The van der Waals surface area contributed by atoms with Crippen molar-refractivity contribution in [1.29, 1.82) is 0 Å². The molecule has 1 amide bonds. The monoisotopic (exact) mass is 317 g/mol. The summed E-state index contributed by atoms with van der Waals surface area (Å²) in [6.45, 7) is 0.656. The molecule has 2 aromatic rings. The van der Waals surface area contributed by atoms with Gasteiger partial charge >= 0.3 is 5.97 Å². The first kappa shape index (κ1) is 17.0. The Morgan fingerprint density at radius 3 is 2.78 bits per heavy atom. The fourth-order valence-corrected chi connectivity index (χ4v) is 2.45. The summed E-state index contributed by atoms with van der Waals surface area (Å²) in [5.41, 5.74) is 1.72. The van der Waals surface area contributed by atoms with Gasteiger partial charge in [-0.25, -0.2) is 0 Å². The summed E-state index contributed by atoms with van der Waals surface area (Å²) >= 11 is 0. The van der Waals surface area contributed by atoms with Crippen molar-refractivity contribution in [2.45, 2.75) is 38.5 Å². The van der Waals surface area contributed by atoms with Crippen molar-refractivity contribution in [3.8, 4) is 0 Å². The first-order valence-electron chi connectivity index (χ1n) is 7.96. The Hall–Kier alpha value is -2.37. The van der Waals surface area contributed by atoms with Gasteiger partial charge in [-0.05, 0) is 18.9 Å². The molecule has 6 heteroatoms. The van der Waals surface area contributed by atoms with Crippen molar-refractivity contribution in [2.24, 2.45) is 0 Å². The van der Waals surface area contributed by atoms with Gasteiger partial charge in [0.05, 0.1) is 24.7 Å². The third-order valence-electron chi connectivity index (χ3n) is 3.74. The second-order valence-corrected chi connectivity index (χ2v) is 5.49. The summed E-state index contributed by atoms with van der Waals surface area (Å²) in [4.78, 5) is 22.9. The molecule has 23 heavy (non-hydrogen) atoms. The summed E-state index contributed by atoms with van der Waals surface area (Å²) in [6.07, 6.45) is 4.48. The molecule has 0 spiro atoms. The number of nitrogens with zero attached hydrogens (tertiary/aromatic N) is 1. The molecule has 1 heterocycles. The molecule has 0 atom stereocenters. The largest absolute Gasteiger partial charge is 0.469 e. The van der Waals surface area contributed by atoms with Gasteiger partial charge in [-0.2, -0.15) is 5.10 Å². The predicted octanol–water partition coefficient (Wildman–Crippen LogP) is 2.35. The van der Waals surface area contributed by atoms with Crippen LogP contribution in [0, 0.1) is 0 Å². The smallest absolute Gasteiger partial charge is 0.305 e. The molecule has 0 aliphatic heterocycles. The maximum absolute atomic E-state index is 12.0. The van der Waals surface area contributed by atoms with Gasteiger partial charge in [-0.3, -0.25) is 14.7 Å². The Labute approximate surface area is 135 Å². The zero-order chi connectivity index (χ0) is 16.5. The van der Waals surface area contributed by atoms with Crippen LogP contribution in [0.3, 0.4) is 0 Å². The molecule has 0 fully saturated rings. The lowest BCUT2D eigenvalue weighted by Gasteiger charge is -2.04. The lowest BCUT2D eigenvalue weighted by atomic mass is 10.1. The van der Waals surface area contributed by atoms with E-state index in [1.807, 2.05) is 24.3 Å². The topological polar surface area (TPSA) is 84.1 Å². The molecule has 124 valence electrons. The standard InChI is InChI=1S/C17H23N3O3/c1-23-17(22)10-4-2-3-7-11-18-16(21)12-15-13-8-5-6-9-14(13)19-20-15/h5-6,8-9H,2-4,7,10-12H2,1H3,(H,18,21)(H,19,20). The summed E-state index contributed by atoms with van der Waals surface area (Å²) in [5, 5.41) is 11.0. The average molecular weight is 317 g/mol. The first-order valence-corrected chi connectivity index (χ1v) is 7.96. The number of aromatic amines is 1. The van der Waals surface area contributed by atoms with Crippen LogP contribution in [-0.2, 0) is 20.7 Å². The summed E-state index contributed by atoms with van der Waals surface area (Å²) in [6, 6.07) is 7.74. The second-order valence-electron chi connectivity index (χ2n) is 5.49. The number of amides is 1. The lowest BCUT2D eigenvalue weighted by Crippen LogP contribution is -2.26. The van der Waals surface area contributed by atoms with E-state index in [9.17, 15) is 9.59 Å². The van der Waals surface area contributed by atoms with Gasteiger partial charge in [0.2, 0.25) is 5.91 Å². The van der Waals surface area contributed by atoms with E-state index >= 15 is 0 Å². The summed E-state index contributed by atoms with van der Waals surface area (Å²) in [7, 11) is 1.40. The SMILES string of the molecule is COC(=O)CCCCCCNC(=O)Cc1[nH]nc2ccccc12. The minimum absolute atomic E-state index is 0.00559. The lowest BCUT2D eigenvalue weighted by molar-refractivity contribution is -0.140. The average Bonchev–Trinajstić information content (AvgIpc) is 2.97. The highest BCUT2D eigenvalue weighted by molar-refractivity contribution is 5.87. The number of hydrogen-bond donors (Lipinski definition) is 2. The Bertz CT molecular complexity index is 651. The number of unbranched alkanes of at least 4 members (excludes halogenated alkanes) is 3. The number of carbonyl (C=O) groups excluding carboxylic acids is 2. The van der Waals surface area contributed by atoms with E-state index in [1.54, 1.807) is 0 Å². The number of carbonyl (C=O) groups is 2. The maximum Gasteiger partial charge on any atom is 0.305 e. The minimum atomic E-state index is -0.162. The highest BCUT2D eigenvalue weighted by Crippen LogP contribution is 2.15. The van der Waals surface area contributed by atoms with Crippen LogP contribution in [-0.4, -0.2) is 35.7 Å². The van der Waals surface area contributed by atoms with Gasteiger partial charge in [-0.15, -0.1) is 0 Å². The molecule has 0 aliphatic rings. The van der Waals surface area contributed by atoms with Crippen molar-refractivity contribution >= 4 is 22.8 Å². The third-order valence-corrected chi connectivity index (χ3v) is 3.74. The van der Waals surface area contributed by atoms with E-state index in [2.05, 4.69) is 20.3 Å². The molecule has 0 radical (unpaired) electrons. The van der Waals surface area contributed by atoms with Crippen LogP contribution >= 0.6 is 0 Å². The maximum atomic E-state index is 12.0. The van der Waals surface area contributed by atoms with Crippen molar-refractivity contribution in [2.75, 3.05) is 13.7 Å². The molecule has 0 saturated carbocycles. The number of hydrogen-bond acceptors (Lipinski definition) is 4. The highest BCUT2D eigenvalue weighted by Gasteiger charge is 2.09. The molecular weight excluding hydrogens is 294 g/mol. The Morgan fingerprint density at radius 1 is 1.17 bits per heavy atom. The molecule has 6 nitrogen and oxygen atoms in total. The van der Waals surface area contributed by atoms with Gasteiger partial charge in [0, 0.05) is 18.4 Å². The van der Waals surface area contributed by atoms with E-state index in [1.165, 1.54) is 7.11 Å². The molecule has 0 unspecified atom stereocenters. The number of para-hydroxylation sites is 1. The molecule has 1 aromatic heterocycles. The van der Waals surface area contributed by atoms with Crippen LogP contribution in [0.15, 0.2) is 24.3 Å². The summed E-state index contributed by atoms with van der Waals surface area (Å²) in [5.74, 6) is -0.168. The molecule has 0 aliphatic carbocycles. The fraction of sp³-hybridized carbons (Fsp3) is 0.471. The number of methoxy groups -OCH3 is 1. The number of H-pyrrole nitrogens is 1. The summed E-state index contributed by atoms with van der Waals surface area (Å²) < 4.78 is 4.59. The molecule has 1 aromatic carbocycles. The van der Waals surface area contributed by atoms with E-state index < -0.39 is 0 Å². The first-order chi connectivity index (χ1) is 11.2. The van der Waals surface area contributed by atoms with E-state index in [-0.39, 0.29) is 11.9 Å². The number of rotatable bonds is 9. The number of aromatic nitrogens is 2. The van der Waals surface area contributed by atoms with Gasteiger partial charge < -0.3 is 10.1 Å². The van der Waals surface area contributed by atoms with Crippen LogP contribution in [0.4, 0.5) is 0 Å². The van der Waals surface area contributed by atoms with Crippen molar-refractivity contribution in [1.82, 2.24) is 15.5 Å². The zero-order valence-corrected chi connectivity index (χ0v) is 13.4. The quantitative estimate of drug-likeness (QED) is 0.549. The van der Waals surface area contributed by atoms with Gasteiger partial charge in [0.25, 0.3) is 0 Å². The van der Waals surface area contributed by atoms with Crippen LogP contribution in [0.1, 0.15) is 37.8 Å². The van der Waals surface area contributed by atoms with E-state index in [0.29, 0.717) is 19.4 Å². The molecule has 2 rings (SSSR count). The van der Waals surface area contributed by atoms with Crippen LogP contribution < -0.4 is 5.32 Å². The fourth-order valence-electron chi connectivity index (χ4n) is 2.45. The van der Waals surface area contributed by atoms with Crippen LogP contribution in [0.2, 0.25) is 0 Å². The van der Waals surface area contributed by atoms with E-state index in [0.717, 1.165) is 42.3 Å². The Kier molecular flexibility index (Phi) is 6.59. The molecule has 0 saturated heterocycles. The number of esters is 1. The normalized spacial score (nSPS) is 10.7. The van der Waals surface area contributed by atoms with Gasteiger partial charge in [0.1, 0.15) is 0 Å². The van der Waals surface area contributed by atoms with Crippen molar-refractivity contribution < 1.29 is 14.3 Å². The van der Waals surface area contributed by atoms with Crippen molar-refractivity contribution in [3.05, 3.63) is 30.0 Å². The van der Waals surface area contributed by atoms with Gasteiger partial charge in [0.15, 0.2) is 0 Å².